The monoisotopic (exact) mass is 232 g/mol. The fraction of sp³-hybridized carbons (Fsp3) is 0.889. The maximum atomic E-state index is 11.8. The Bertz CT molecular complexity index is 345. The Balaban J connectivity index is 2.98. The summed E-state index contributed by atoms with van der Waals surface area (Å²) in [7, 11) is -3.33. The zero-order valence-corrected chi connectivity index (χ0v) is 9.83. The molecule has 6 heteroatoms. The zero-order chi connectivity index (χ0) is 11.5. The summed E-state index contributed by atoms with van der Waals surface area (Å²) in [6.45, 7) is 4.36. The van der Waals surface area contributed by atoms with Gasteiger partial charge in [-0.25, -0.2) is 8.42 Å². The molecule has 0 saturated carbocycles. The number of hydrogen-bond donors (Lipinski definition) is 0. The van der Waals surface area contributed by atoms with Gasteiger partial charge in [0.15, 0.2) is 0 Å². The van der Waals surface area contributed by atoms with E-state index >= 15 is 0 Å². The van der Waals surface area contributed by atoms with Gasteiger partial charge < -0.3 is 4.74 Å². The van der Waals surface area contributed by atoms with Crippen molar-refractivity contribution >= 4 is 10.0 Å². The molecule has 1 aliphatic heterocycles. The fourth-order valence-electron chi connectivity index (χ4n) is 1.59. The first kappa shape index (κ1) is 12.4. The van der Waals surface area contributed by atoms with Gasteiger partial charge in [-0.1, -0.05) is 13.8 Å². The molecule has 0 N–H and O–H groups in total. The smallest absolute Gasteiger partial charge is 0.217 e. The fourth-order valence-corrected chi connectivity index (χ4v) is 3.12. The number of nitriles is 1. The highest BCUT2D eigenvalue weighted by molar-refractivity contribution is 7.89. The van der Waals surface area contributed by atoms with Crippen LogP contribution in [0.2, 0.25) is 0 Å². The molecule has 0 aromatic carbocycles. The van der Waals surface area contributed by atoms with E-state index in [4.69, 9.17) is 10.00 Å². The average Bonchev–Trinajstić information content (AvgIpc) is 2.27. The molecule has 0 aromatic heterocycles. The second-order valence-electron chi connectivity index (χ2n) is 3.91. The van der Waals surface area contributed by atoms with Crippen molar-refractivity contribution in [1.29, 1.82) is 5.26 Å². The third kappa shape index (κ3) is 2.91. The summed E-state index contributed by atoms with van der Waals surface area (Å²) in [6, 6.07) is 1.67. The molecule has 86 valence electrons. The topological polar surface area (TPSA) is 70.4 Å². The summed E-state index contributed by atoms with van der Waals surface area (Å²) >= 11 is 0. The summed E-state index contributed by atoms with van der Waals surface area (Å²) < 4.78 is 30.1. The molecule has 0 bridgehead atoms. The van der Waals surface area contributed by atoms with Gasteiger partial charge in [0, 0.05) is 0 Å². The predicted molar refractivity (Wildman–Crippen MR) is 55.6 cm³/mol. The van der Waals surface area contributed by atoms with Crippen LogP contribution in [0.4, 0.5) is 0 Å². The Morgan fingerprint density at radius 2 is 2.27 bits per heavy atom. The van der Waals surface area contributed by atoms with Crippen molar-refractivity contribution < 1.29 is 13.2 Å². The second-order valence-corrected chi connectivity index (χ2v) is 5.95. The third-order valence-electron chi connectivity index (χ3n) is 2.50. The lowest BCUT2D eigenvalue weighted by molar-refractivity contribution is 0.0956. The van der Waals surface area contributed by atoms with Crippen LogP contribution in [0.1, 0.15) is 13.8 Å². The normalized spacial score (nSPS) is 27.2. The first-order valence-corrected chi connectivity index (χ1v) is 6.54. The standard InChI is InChI=1S/C9H16N2O3S/c1-8(2)9-7-14-5-6-15(12,13)11(9)4-3-10/h8-9H,4-7H2,1-2H3/t9-/m1/s1. The maximum absolute atomic E-state index is 11.8. The molecule has 1 atom stereocenters. The molecule has 1 aliphatic rings. The second kappa shape index (κ2) is 4.92. The van der Waals surface area contributed by atoms with Crippen LogP contribution >= 0.6 is 0 Å². The molecule has 1 heterocycles. The van der Waals surface area contributed by atoms with Crippen LogP contribution in [-0.4, -0.2) is 44.3 Å². The first-order chi connectivity index (χ1) is 6.99. The summed E-state index contributed by atoms with van der Waals surface area (Å²) in [5.74, 6) is 0.115. The van der Waals surface area contributed by atoms with Gasteiger partial charge in [0.1, 0.15) is 6.54 Å². The third-order valence-corrected chi connectivity index (χ3v) is 4.29. The van der Waals surface area contributed by atoms with Gasteiger partial charge in [0.2, 0.25) is 10.0 Å². The zero-order valence-electron chi connectivity index (χ0n) is 9.01. The lowest BCUT2D eigenvalue weighted by Gasteiger charge is -2.28. The molecule has 0 aromatic rings. The highest BCUT2D eigenvalue weighted by atomic mass is 32.2. The van der Waals surface area contributed by atoms with E-state index in [1.54, 1.807) is 0 Å². The minimum Gasteiger partial charge on any atom is -0.379 e. The molecule has 5 nitrogen and oxygen atoms in total. The van der Waals surface area contributed by atoms with Gasteiger partial charge in [0.05, 0.1) is 31.1 Å². The molecule has 1 saturated heterocycles. The largest absolute Gasteiger partial charge is 0.379 e. The molecule has 1 rings (SSSR count). The van der Waals surface area contributed by atoms with E-state index in [-0.39, 0.29) is 30.9 Å². The lowest BCUT2D eigenvalue weighted by atomic mass is 10.1. The SMILES string of the molecule is CC(C)[C@H]1COCCS(=O)(=O)N1CC#N. The molecule has 15 heavy (non-hydrogen) atoms. The summed E-state index contributed by atoms with van der Waals surface area (Å²) in [5.41, 5.74) is 0. The van der Waals surface area contributed by atoms with Gasteiger partial charge in [0.25, 0.3) is 0 Å². The van der Waals surface area contributed by atoms with Crippen molar-refractivity contribution in [3.8, 4) is 6.07 Å². The molecular weight excluding hydrogens is 216 g/mol. The van der Waals surface area contributed by atoms with Gasteiger partial charge in [-0.05, 0) is 5.92 Å². The summed E-state index contributed by atoms with van der Waals surface area (Å²) in [5, 5.41) is 8.65. The van der Waals surface area contributed by atoms with E-state index in [1.165, 1.54) is 4.31 Å². The van der Waals surface area contributed by atoms with Crippen LogP contribution in [0.5, 0.6) is 0 Å². The van der Waals surface area contributed by atoms with Crippen LogP contribution in [0.25, 0.3) is 0 Å². The molecule has 0 aliphatic carbocycles. The van der Waals surface area contributed by atoms with E-state index in [9.17, 15) is 8.42 Å². The number of rotatable bonds is 2. The highest BCUT2D eigenvalue weighted by Gasteiger charge is 2.34. The number of nitrogens with zero attached hydrogens (tertiary/aromatic N) is 2. The predicted octanol–water partition coefficient (Wildman–Crippen LogP) is 0.197. The number of hydrogen-bond acceptors (Lipinski definition) is 4. The molecule has 1 fully saturated rings. The van der Waals surface area contributed by atoms with Crippen LogP contribution in [0, 0.1) is 17.2 Å². The minimum atomic E-state index is -3.33. The van der Waals surface area contributed by atoms with Crippen molar-refractivity contribution in [2.24, 2.45) is 5.92 Å². The number of ether oxygens (including phenoxy) is 1. The van der Waals surface area contributed by atoms with E-state index in [1.807, 2.05) is 19.9 Å². The summed E-state index contributed by atoms with van der Waals surface area (Å²) in [6.07, 6.45) is 0. The Morgan fingerprint density at radius 1 is 1.60 bits per heavy atom. The van der Waals surface area contributed by atoms with E-state index in [2.05, 4.69) is 0 Å². The van der Waals surface area contributed by atoms with Crippen molar-refractivity contribution in [1.82, 2.24) is 4.31 Å². The van der Waals surface area contributed by atoms with Crippen molar-refractivity contribution in [3.05, 3.63) is 0 Å². The van der Waals surface area contributed by atoms with Crippen LogP contribution in [0.15, 0.2) is 0 Å². The van der Waals surface area contributed by atoms with Crippen molar-refractivity contribution in [2.45, 2.75) is 19.9 Å². The number of sulfonamides is 1. The lowest BCUT2D eigenvalue weighted by Crippen LogP contribution is -2.44. The van der Waals surface area contributed by atoms with Gasteiger partial charge in [-0.15, -0.1) is 0 Å². The van der Waals surface area contributed by atoms with Crippen LogP contribution in [0.3, 0.4) is 0 Å². The molecule has 0 radical (unpaired) electrons. The molecule has 0 amide bonds. The van der Waals surface area contributed by atoms with Crippen molar-refractivity contribution in [2.75, 3.05) is 25.5 Å². The maximum Gasteiger partial charge on any atom is 0.217 e. The van der Waals surface area contributed by atoms with E-state index in [0.717, 1.165) is 0 Å². The molecule has 0 unspecified atom stereocenters. The molecular formula is C9H16N2O3S. The van der Waals surface area contributed by atoms with Gasteiger partial charge >= 0.3 is 0 Å². The van der Waals surface area contributed by atoms with E-state index < -0.39 is 10.0 Å². The Hall–Kier alpha value is -0.640. The Morgan fingerprint density at radius 3 is 2.80 bits per heavy atom. The Labute approximate surface area is 90.7 Å². The average molecular weight is 232 g/mol. The van der Waals surface area contributed by atoms with Crippen LogP contribution < -0.4 is 0 Å². The van der Waals surface area contributed by atoms with Crippen molar-refractivity contribution in [3.63, 3.8) is 0 Å². The molecule has 0 spiro atoms. The van der Waals surface area contributed by atoms with Gasteiger partial charge in [-0.3, -0.25) is 0 Å². The quantitative estimate of drug-likeness (QED) is 0.637. The Kier molecular flexibility index (Phi) is 4.08. The van der Waals surface area contributed by atoms with Crippen LogP contribution in [-0.2, 0) is 14.8 Å². The van der Waals surface area contributed by atoms with E-state index in [0.29, 0.717) is 6.61 Å². The summed E-state index contributed by atoms with van der Waals surface area (Å²) in [4.78, 5) is 0. The van der Waals surface area contributed by atoms with Gasteiger partial charge in [-0.2, -0.15) is 9.57 Å². The first-order valence-electron chi connectivity index (χ1n) is 4.93. The minimum absolute atomic E-state index is 0.0299. The highest BCUT2D eigenvalue weighted by Crippen LogP contribution is 2.18.